The maximum Gasteiger partial charge on any atom is 0.387 e. The molecule has 0 unspecified atom stereocenters. The van der Waals surface area contributed by atoms with Crippen molar-refractivity contribution >= 4 is 5.91 Å². The minimum absolute atomic E-state index is 0.00594. The molecule has 0 aromatic heterocycles. The molecule has 0 N–H and O–H groups in total. The zero-order valence-corrected chi connectivity index (χ0v) is 16.4. The van der Waals surface area contributed by atoms with Gasteiger partial charge in [0.05, 0.1) is 13.7 Å². The Labute approximate surface area is 164 Å². The normalized spacial score (nSPS) is 11.0. The molecule has 152 valence electrons. The maximum absolute atomic E-state index is 12.6. The number of ether oxygens (including phenoxy) is 2. The molecular formula is C21H26F2N2O3. The van der Waals surface area contributed by atoms with Crippen LogP contribution in [0.25, 0.3) is 0 Å². The van der Waals surface area contributed by atoms with E-state index >= 15 is 0 Å². The number of likely N-dealkylation sites (N-methyl/N-ethyl adjacent to an activating group) is 2. The van der Waals surface area contributed by atoms with Gasteiger partial charge in [0.2, 0.25) is 5.91 Å². The molecular weight excluding hydrogens is 366 g/mol. The minimum atomic E-state index is -2.93. The van der Waals surface area contributed by atoms with Crippen LogP contribution in [0, 0.1) is 0 Å². The molecule has 0 aliphatic heterocycles. The molecule has 0 heterocycles. The fraction of sp³-hybridized carbons (Fsp3) is 0.381. The summed E-state index contributed by atoms with van der Waals surface area (Å²) in [7, 11) is 3.20. The maximum atomic E-state index is 12.6. The lowest BCUT2D eigenvalue weighted by Gasteiger charge is -2.24. The number of alkyl halides is 2. The second-order valence-corrected chi connectivity index (χ2v) is 6.43. The van der Waals surface area contributed by atoms with Crippen LogP contribution in [0.15, 0.2) is 48.5 Å². The van der Waals surface area contributed by atoms with E-state index in [1.54, 1.807) is 17.0 Å². The number of halogens is 2. The summed E-state index contributed by atoms with van der Waals surface area (Å²) in [5.41, 5.74) is 1.82. The summed E-state index contributed by atoms with van der Waals surface area (Å²) in [6.45, 7) is 0.809. The van der Waals surface area contributed by atoms with E-state index < -0.39 is 6.61 Å². The first-order valence-corrected chi connectivity index (χ1v) is 9.04. The van der Waals surface area contributed by atoms with Gasteiger partial charge in [0.1, 0.15) is 0 Å². The van der Waals surface area contributed by atoms with Crippen molar-refractivity contribution in [1.29, 1.82) is 0 Å². The number of hydrogen-bond donors (Lipinski definition) is 0. The van der Waals surface area contributed by atoms with Crippen LogP contribution in [0.1, 0.15) is 18.1 Å². The summed E-state index contributed by atoms with van der Waals surface area (Å²) in [5, 5.41) is 0. The molecule has 2 rings (SSSR count). The van der Waals surface area contributed by atoms with Gasteiger partial charge in [0.15, 0.2) is 11.5 Å². The number of carbonyl (C=O) groups is 1. The highest BCUT2D eigenvalue weighted by atomic mass is 19.3. The van der Waals surface area contributed by atoms with Gasteiger partial charge >= 0.3 is 6.61 Å². The third-order valence-electron chi connectivity index (χ3n) is 4.25. The lowest BCUT2D eigenvalue weighted by atomic mass is 10.2. The SMILES string of the molecule is CCN(Cc1ccccc1)C(=O)CN(C)Cc1ccc(OC)c(OC(F)F)c1. The molecule has 2 aromatic carbocycles. The zero-order chi connectivity index (χ0) is 20.5. The molecule has 1 amide bonds. The van der Waals surface area contributed by atoms with E-state index in [2.05, 4.69) is 4.74 Å². The average molecular weight is 392 g/mol. The number of carbonyl (C=O) groups excluding carboxylic acids is 1. The molecule has 0 fully saturated rings. The molecule has 5 nitrogen and oxygen atoms in total. The molecule has 28 heavy (non-hydrogen) atoms. The smallest absolute Gasteiger partial charge is 0.387 e. The number of methoxy groups -OCH3 is 1. The number of nitrogens with zero attached hydrogens (tertiary/aromatic N) is 2. The van der Waals surface area contributed by atoms with Crippen LogP contribution in [0.3, 0.4) is 0 Å². The monoisotopic (exact) mass is 392 g/mol. The van der Waals surface area contributed by atoms with Crippen molar-refractivity contribution in [3.8, 4) is 11.5 Å². The summed E-state index contributed by atoms with van der Waals surface area (Å²) < 4.78 is 34.7. The van der Waals surface area contributed by atoms with E-state index in [4.69, 9.17) is 4.74 Å². The second kappa shape index (κ2) is 10.6. The number of rotatable bonds is 10. The first kappa shape index (κ1) is 21.6. The highest BCUT2D eigenvalue weighted by Crippen LogP contribution is 2.29. The molecule has 2 aromatic rings. The Bertz CT molecular complexity index is 757. The Morgan fingerprint density at radius 3 is 2.36 bits per heavy atom. The molecule has 0 bridgehead atoms. The van der Waals surface area contributed by atoms with E-state index in [0.717, 1.165) is 11.1 Å². The summed E-state index contributed by atoms with van der Waals surface area (Å²) in [6, 6.07) is 14.7. The third-order valence-corrected chi connectivity index (χ3v) is 4.25. The van der Waals surface area contributed by atoms with Crippen molar-refractivity contribution < 1.29 is 23.0 Å². The molecule has 0 aliphatic carbocycles. The van der Waals surface area contributed by atoms with Gasteiger partial charge in [-0.3, -0.25) is 9.69 Å². The van der Waals surface area contributed by atoms with Crippen molar-refractivity contribution in [2.24, 2.45) is 0 Å². The molecule has 0 atom stereocenters. The topological polar surface area (TPSA) is 42.0 Å². The number of hydrogen-bond acceptors (Lipinski definition) is 4. The summed E-state index contributed by atoms with van der Waals surface area (Å²) >= 11 is 0. The van der Waals surface area contributed by atoms with Gasteiger partial charge in [0.25, 0.3) is 0 Å². The highest BCUT2D eigenvalue weighted by molar-refractivity contribution is 5.78. The first-order chi connectivity index (χ1) is 13.4. The Balaban J connectivity index is 1.98. The van der Waals surface area contributed by atoms with Crippen LogP contribution in [-0.4, -0.2) is 49.6 Å². The Hall–Kier alpha value is -2.67. The average Bonchev–Trinajstić information content (AvgIpc) is 2.66. The Morgan fingerprint density at radius 1 is 1.04 bits per heavy atom. The zero-order valence-electron chi connectivity index (χ0n) is 16.4. The fourth-order valence-corrected chi connectivity index (χ4v) is 2.89. The van der Waals surface area contributed by atoms with Gasteiger partial charge in [-0.1, -0.05) is 36.4 Å². The summed E-state index contributed by atoms with van der Waals surface area (Å²) in [4.78, 5) is 16.3. The van der Waals surface area contributed by atoms with Gasteiger partial charge in [-0.25, -0.2) is 0 Å². The van der Waals surface area contributed by atoms with E-state index in [1.165, 1.54) is 13.2 Å². The van der Waals surface area contributed by atoms with Crippen LogP contribution < -0.4 is 9.47 Å². The Kier molecular flexibility index (Phi) is 8.19. The first-order valence-electron chi connectivity index (χ1n) is 9.04. The van der Waals surface area contributed by atoms with Crippen LogP contribution in [0.2, 0.25) is 0 Å². The summed E-state index contributed by atoms with van der Waals surface area (Å²) in [5.74, 6) is 0.225. The molecule has 0 spiro atoms. The van der Waals surface area contributed by atoms with E-state index in [9.17, 15) is 13.6 Å². The molecule has 0 aliphatic rings. The predicted octanol–water partition coefficient (Wildman–Crippen LogP) is 3.78. The van der Waals surface area contributed by atoms with Crippen molar-refractivity contribution in [3.05, 3.63) is 59.7 Å². The standard InChI is InChI=1S/C21H26F2N2O3/c1-4-25(14-16-8-6-5-7-9-16)20(26)15-24(2)13-17-10-11-18(27-3)19(12-17)28-21(22)23/h5-12,21H,4,13-15H2,1-3H3. The molecule has 0 radical (unpaired) electrons. The van der Waals surface area contributed by atoms with Gasteiger partial charge in [-0.05, 0) is 37.2 Å². The van der Waals surface area contributed by atoms with E-state index in [1.807, 2.05) is 49.2 Å². The molecule has 7 heteroatoms. The van der Waals surface area contributed by atoms with Crippen molar-refractivity contribution in [3.63, 3.8) is 0 Å². The van der Waals surface area contributed by atoms with Crippen LogP contribution >= 0.6 is 0 Å². The number of benzene rings is 2. The van der Waals surface area contributed by atoms with Crippen molar-refractivity contribution in [2.75, 3.05) is 27.2 Å². The minimum Gasteiger partial charge on any atom is -0.493 e. The van der Waals surface area contributed by atoms with Gasteiger partial charge in [-0.15, -0.1) is 0 Å². The van der Waals surface area contributed by atoms with Crippen LogP contribution in [0.4, 0.5) is 8.78 Å². The van der Waals surface area contributed by atoms with Gasteiger partial charge in [-0.2, -0.15) is 8.78 Å². The largest absolute Gasteiger partial charge is 0.493 e. The van der Waals surface area contributed by atoms with Crippen LogP contribution in [0.5, 0.6) is 11.5 Å². The fourth-order valence-electron chi connectivity index (χ4n) is 2.89. The lowest BCUT2D eigenvalue weighted by Crippen LogP contribution is -2.38. The van der Waals surface area contributed by atoms with Crippen LogP contribution in [-0.2, 0) is 17.9 Å². The molecule has 0 saturated carbocycles. The number of amides is 1. The van der Waals surface area contributed by atoms with Crippen molar-refractivity contribution in [1.82, 2.24) is 9.80 Å². The Morgan fingerprint density at radius 2 is 1.75 bits per heavy atom. The lowest BCUT2D eigenvalue weighted by molar-refractivity contribution is -0.132. The van der Waals surface area contributed by atoms with Crippen molar-refractivity contribution in [2.45, 2.75) is 26.6 Å². The summed E-state index contributed by atoms with van der Waals surface area (Å²) in [6.07, 6.45) is 0. The second-order valence-electron chi connectivity index (χ2n) is 6.43. The molecule has 0 saturated heterocycles. The van der Waals surface area contributed by atoms with E-state index in [-0.39, 0.29) is 24.0 Å². The highest BCUT2D eigenvalue weighted by Gasteiger charge is 2.16. The van der Waals surface area contributed by atoms with E-state index in [0.29, 0.717) is 19.6 Å². The van der Waals surface area contributed by atoms with Gasteiger partial charge in [0, 0.05) is 19.6 Å². The quantitative estimate of drug-likeness (QED) is 0.617. The van der Waals surface area contributed by atoms with Gasteiger partial charge < -0.3 is 14.4 Å². The third kappa shape index (κ3) is 6.49. The predicted molar refractivity (Wildman–Crippen MR) is 103 cm³/mol.